The summed E-state index contributed by atoms with van der Waals surface area (Å²) in [7, 11) is -1.48. The Morgan fingerprint density at radius 3 is 2.40 bits per heavy atom. The zero-order chi connectivity index (χ0) is 18.2. The van der Waals surface area contributed by atoms with Gasteiger partial charge in [-0.1, -0.05) is 26.0 Å². The molecule has 136 valence electrons. The summed E-state index contributed by atoms with van der Waals surface area (Å²) in [4.78, 5) is 7.09. The Labute approximate surface area is 154 Å². The van der Waals surface area contributed by atoms with Gasteiger partial charge in [-0.2, -0.15) is 4.31 Å². The van der Waals surface area contributed by atoms with Crippen LogP contribution in [0.4, 0.5) is 0 Å². The van der Waals surface area contributed by atoms with Crippen molar-refractivity contribution < 1.29 is 8.42 Å². The number of hydrogen-bond donors (Lipinski definition) is 0. The minimum Gasteiger partial charge on any atom is -0.304 e. The van der Waals surface area contributed by atoms with Gasteiger partial charge in [0.15, 0.2) is 0 Å². The van der Waals surface area contributed by atoms with Gasteiger partial charge in [0.25, 0.3) is 0 Å². The number of rotatable bonds is 4. The van der Waals surface area contributed by atoms with Crippen LogP contribution in [0.3, 0.4) is 0 Å². The first-order valence-electron chi connectivity index (χ1n) is 8.54. The molecule has 2 heterocycles. The van der Waals surface area contributed by atoms with E-state index in [4.69, 9.17) is 0 Å². The molecule has 1 aromatic carbocycles. The second-order valence-electron chi connectivity index (χ2n) is 6.87. The van der Waals surface area contributed by atoms with Gasteiger partial charge < -0.3 is 4.90 Å². The van der Waals surface area contributed by atoms with Crippen molar-refractivity contribution >= 4 is 21.4 Å². The van der Waals surface area contributed by atoms with Crippen LogP contribution in [0.25, 0.3) is 11.3 Å². The molecule has 1 fully saturated rings. The second kappa shape index (κ2) is 7.15. The zero-order valence-electron chi connectivity index (χ0n) is 15.2. The lowest BCUT2D eigenvalue weighted by Crippen LogP contribution is -2.47. The molecule has 2 aromatic rings. The monoisotopic (exact) mass is 379 g/mol. The summed E-state index contributed by atoms with van der Waals surface area (Å²) in [6.45, 7) is 8.63. The van der Waals surface area contributed by atoms with Crippen LogP contribution in [0, 0.1) is 6.92 Å². The van der Waals surface area contributed by atoms with Crippen LogP contribution < -0.4 is 0 Å². The van der Waals surface area contributed by atoms with Gasteiger partial charge in [0.05, 0.1) is 15.6 Å². The third-order valence-electron chi connectivity index (χ3n) is 4.63. The lowest BCUT2D eigenvalue weighted by Gasteiger charge is -2.32. The third-order valence-corrected chi connectivity index (χ3v) is 7.36. The van der Waals surface area contributed by atoms with Gasteiger partial charge in [-0.05, 0) is 31.5 Å². The number of likely N-dealkylation sites (N-methyl/N-ethyl adjacent to an activating group) is 1. The fourth-order valence-corrected chi connectivity index (χ4v) is 5.48. The maximum absolute atomic E-state index is 13.3. The highest BCUT2D eigenvalue weighted by atomic mass is 32.2. The van der Waals surface area contributed by atoms with Crippen LogP contribution in [-0.2, 0) is 10.0 Å². The summed E-state index contributed by atoms with van der Waals surface area (Å²) < 4.78 is 28.2. The number of aryl methyl sites for hydroxylation is 1. The molecule has 0 bridgehead atoms. The van der Waals surface area contributed by atoms with E-state index in [0.717, 1.165) is 34.9 Å². The van der Waals surface area contributed by atoms with Crippen LogP contribution in [-0.4, -0.2) is 55.8 Å². The Hall–Kier alpha value is -1.28. The summed E-state index contributed by atoms with van der Waals surface area (Å²) in [6, 6.07) is 5.72. The molecule has 3 rings (SSSR count). The van der Waals surface area contributed by atoms with Crippen molar-refractivity contribution in [2.24, 2.45) is 0 Å². The minimum atomic E-state index is -3.50. The predicted octanol–water partition coefficient (Wildman–Crippen LogP) is 3.18. The highest BCUT2D eigenvalue weighted by Gasteiger charge is 2.30. The van der Waals surface area contributed by atoms with Crippen molar-refractivity contribution in [2.75, 3.05) is 33.2 Å². The molecule has 7 heteroatoms. The quantitative estimate of drug-likeness (QED) is 0.819. The van der Waals surface area contributed by atoms with E-state index >= 15 is 0 Å². The van der Waals surface area contributed by atoms with E-state index in [9.17, 15) is 8.42 Å². The molecule has 0 aliphatic carbocycles. The maximum atomic E-state index is 13.3. The van der Waals surface area contributed by atoms with Gasteiger partial charge in [-0.25, -0.2) is 13.4 Å². The average molecular weight is 380 g/mol. The number of piperazine rings is 1. The molecule has 25 heavy (non-hydrogen) atoms. The van der Waals surface area contributed by atoms with Crippen molar-refractivity contribution in [3.05, 3.63) is 34.2 Å². The number of sulfonamides is 1. The maximum Gasteiger partial charge on any atom is 0.243 e. The fraction of sp³-hybridized carbons (Fsp3) is 0.500. The fourth-order valence-electron chi connectivity index (χ4n) is 3.06. The number of benzene rings is 1. The molecule has 1 aliphatic heterocycles. The van der Waals surface area contributed by atoms with Crippen LogP contribution in [0.2, 0.25) is 0 Å². The topological polar surface area (TPSA) is 53.5 Å². The Bertz CT molecular complexity index is 851. The average Bonchev–Trinajstić information content (AvgIpc) is 3.01. The number of aromatic nitrogens is 1. The van der Waals surface area contributed by atoms with Crippen LogP contribution in [0.15, 0.2) is 28.5 Å². The number of hydrogen-bond acceptors (Lipinski definition) is 5. The zero-order valence-corrected chi connectivity index (χ0v) is 16.8. The molecule has 0 saturated carbocycles. The normalized spacial score (nSPS) is 17.3. The number of thiazole rings is 1. The van der Waals surface area contributed by atoms with Crippen molar-refractivity contribution in [1.82, 2.24) is 14.2 Å². The van der Waals surface area contributed by atoms with Crippen molar-refractivity contribution in [1.29, 1.82) is 0 Å². The molecule has 0 N–H and O–H groups in total. The van der Waals surface area contributed by atoms with Crippen LogP contribution in [0.5, 0.6) is 0 Å². The molecule has 0 spiro atoms. The van der Waals surface area contributed by atoms with Gasteiger partial charge in [-0.15, -0.1) is 11.3 Å². The first-order chi connectivity index (χ1) is 11.8. The molecule has 0 atom stereocenters. The van der Waals surface area contributed by atoms with Crippen molar-refractivity contribution in [3.63, 3.8) is 0 Å². The van der Waals surface area contributed by atoms with E-state index < -0.39 is 10.0 Å². The molecular formula is C18H25N3O2S2. The van der Waals surface area contributed by atoms with Gasteiger partial charge >= 0.3 is 0 Å². The Morgan fingerprint density at radius 2 is 1.84 bits per heavy atom. The molecule has 0 radical (unpaired) electrons. The molecule has 0 amide bonds. The predicted molar refractivity (Wildman–Crippen MR) is 103 cm³/mol. The highest BCUT2D eigenvalue weighted by Crippen LogP contribution is 2.32. The second-order valence-corrected chi connectivity index (χ2v) is 9.84. The molecule has 1 aliphatic rings. The highest BCUT2D eigenvalue weighted by molar-refractivity contribution is 7.89. The Balaban J connectivity index is 2.05. The van der Waals surface area contributed by atoms with Gasteiger partial charge in [-0.3, -0.25) is 0 Å². The van der Waals surface area contributed by atoms with Gasteiger partial charge in [0.2, 0.25) is 10.0 Å². The number of nitrogens with zero attached hydrogens (tertiary/aromatic N) is 3. The van der Waals surface area contributed by atoms with E-state index in [1.54, 1.807) is 21.7 Å². The summed E-state index contributed by atoms with van der Waals surface area (Å²) in [5.41, 5.74) is 2.57. The van der Waals surface area contributed by atoms with E-state index in [-0.39, 0.29) is 5.92 Å². The molecule has 0 unspecified atom stereocenters. The van der Waals surface area contributed by atoms with E-state index in [1.807, 2.05) is 45.3 Å². The third kappa shape index (κ3) is 3.79. The first kappa shape index (κ1) is 18.5. The Kier molecular flexibility index (Phi) is 5.29. The molecule has 5 nitrogen and oxygen atoms in total. The minimum absolute atomic E-state index is 0.142. The molecule has 1 saturated heterocycles. The van der Waals surface area contributed by atoms with E-state index in [2.05, 4.69) is 9.88 Å². The van der Waals surface area contributed by atoms with Crippen molar-refractivity contribution in [2.45, 2.75) is 31.6 Å². The lowest BCUT2D eigenvalue weighted by atomic mass is 10.0. The SMILES string of the molecule is Cc1nc(-c2ccc(C(C)C)c(S(=O)(=O)N3CCN(C)CC3)c2)cs1. The van der Waals surface area contributed by atoms with Gasteiger partial charge in [0.1, 0.15) is 0 Å². The molecular weight excluding hydrogens is 354 g/mol. The summed E-state index contributed by atoms with van der Waals surface area (Å²) in [6.07, 6.45) is 0. The van der Waals surface area contributed by atoms with Crippen LogP contribution >= 0.6 is 11.3 Å². The van der Waals surface area contributed by atoms with Crippen molar-refractivity contribution in [3.8, 4) is 11.3 Å². The van der Waals surface area contributed by atoms with Crippen LogP contribution in [0.1, 0.15) is 30.3 Å². The Morgan fingerprint density at radius 1 is 1.16 bits per heavy atom. The van der Waals surface area contributed by atoms with E-state index in [1.165, 1.54) is 0 Å². The molecule has 1 aromatic heterocycles. The lowest BCUT2D eigenvalue weighted by molar-refractivity contribution is 0.222. The standard InChI is InChI=1S/C18H25N3O2S2/c1-13(2)16-6-5-15(17-12-24-14(3)19-17)11-18(16)25(22,23)21-9-7-20(4)8-10-21/h5-6,11-13H,7-10H2,1-4H3. The smallest absolute Gasteiger partial charge is 0.243 e. The summed E-state index contributed by atoms with van der Waals surface area (Å²) in [5, 5.41) is 2.96. The largest absolute Gasteiger partial charge is 0.304 e. The van der Waals surface area contributed by atoms with E-state index in [0.29, 0.717) is 18.0 Å². The van der Waals surface area contributed by atoms with Gasteiger partial charge in [0, 0.05) is 37.1 Å². The summed E-state index contributed by atoms with van der Waals surface area (Å²) >= 11 is 1.57. The summed E-state index contributed by atoms with van der Waals surface area (Å²) in [5.74, 6) is 0.142. The first-order valence-corrected chi connectivity index (χ1v) is 10.9.